The highest BCUT2D eigenvalue weighted by Gasteiger charge is 2.18. The van der Waals surface area contributed by atoms with Gasteiger partial charge in [-0.05, 0) is 49.7 Å². The molecule has 0 fully saturated rings. The summed E-state index contributed by atoms with van der Waals surface area (Å²) in [6.07, 6.45) is 7.50. The van der Waals surface area contributed by atoms with Crippen molar-refractivity contribution >= 4 is 11.6 Å². The number of amides is 1. The van der Waals surface area contributed by atoms with Crippen molar-refractivity contribution in [3.05, 3.63) is 90.3 Å². The molecule has 160 valence electrons. The molecule has 1 N–H and O–H groups in total. The van der Waals surface area contributed by atoms with Crippen LogP contribution in [0.1, 0.15) is 34.7 Å². The highest BCUT2D eigenvalue weighted by molar-refractivity contribution is 5.93. The first-order valence-electron chi connectivity index (χ1n) is 10.4. The topological polar surface area (TPSA) is 82.0 Å². The Morgan fingerprint density at radius 2 is 1.91 bits per heavy atom. The van der Waals surface area contributed by atoms with E-state index in [1.54, 1.807) is 23.0 Å². The van der Waals surface area contributed by atoms with Gasteiger partial charge in [0.05, 0.1) is 17.9 Å². The molecule has 0 saturated carbocycles. The van der Waals surface area contributed by atoms with Crippen LogP contribution in [-0.4, -0.2) is 34.9 Å². The van der Waals surface area contributed by atoms with E-state index in [9.17, 15) is 4.79 Å². The Hall–Kier alpha value is -4.20. The molecular formula is C24H23N7O. The van der Waals surface area contributed by atoms with Gasteiger partial charge in [-0.25, -0.2) is 9.50 Å². The summed E-state index contributed by atoms with van der Waals surface area (Å²) in [6, 6.07) is 15.5. The van der Waals surface area contributed by atoms with E-state index in [4.69, 9.17) is 0 Å². The lowest BCUT2D eigenvalue weighted by atomic mass is 10.1. The fraction of sp³-hybridized carbons (Fsp3) is 0.167. The van der Waals surface area contributed by atoms with Crippen molar-refractivity contribution < 1.29 is 4.79 Å². The summed E-state index contributed by atoms with van der Waals surface area (Å²) >= 11 is 0. The van der Waals surface area contributed by atoms with Crippen LogP contribution in [-0.2, 0) is 7.05 Å². The molecule has 1 unspecified atom stereocenters. The maximum absolute atomic E-state index is 13.0. The summed E-state index contributed by atoms with van der Waals surface area (Å²) in [4.78, 5) is 17.4. The third-order valence-corrected chi connectivity index (χ3v) is 5.72. The van der Waals surface area contributed by atoms with Gasteiger partial charge in [0.15, 0.2) is 11.3 Å². The van der Waals surface area contributed by atoms with Crippen LogP contribution >= 0.6 is 0 Å². The minimum Gasteiger partial charge on any atom is -0.344 e. The van der Waals surface area contributed by atoms with E-state index < -0.39 is 0 Å². The van der Waals surface area contributed by atoms with Crippen molar-refractivity contribution in [2.75, 3.05) is 0 Å². The Kier molecular flexibility index (Phi) is 4.82. The average Bonchev–Trinajstić information content (AvgIpc) is 3.55. The van der Waals surface area contributed by atoms with Crippen molar-refractivity contribution in [3.63, 3.8) is 0 Å². The molecule has 0 radical (unpaired) electrons. The zero-order valence-electron chi connectivity index (χ0n) is 18.1. The third-order valence-electron chi connectivity index (χ3n) is 5.72. The molecule has 0 aliphatic carbocycles. The largest absolute Gasteiger partial charge is 0.344 e. The van der Waals surface area contributed by atoms with Gasteiger partial charge in [0.25, 0.3) is 5.91 Å². The van der Waals surface area contributed by atoms with Gasteiger partial charge in [-0.2, -0.15) is 10.2 Å². The second-order valence-electron chi connectivity index (χ2n) is 7.78. The number of nitrogens with one attached hydrogen (secondary N) is 1. The maximum Gasteiger partial charge on any atom is 0.272 e. The first kappa shape index (κ1) is 19.7. The Morgan fingerprint density at radius 3 is 2.66 bits per heavy atom. The van der Waals surface area contributed by atoms with Crippen molar-refractivity contribution in [1.29, 1.82) is 0 Å². The molecule has 1 atom stereocenters. The third kappa shape index (κ3) is 3.45. The number of aromatic nitrogens is 6. The molecule has 1 aromatic carbocycles. The van der Waals surface area contributed by atoms with E-state index in [2.05, 4.69) is 26.6 Å². The first-order valence-corrected chi connectivity index (χ1v) is 10.4. The number of carbonyl (C=O) groups excluding carboxylic acids is 1. The van der Waals surface area contributed by atoms with E-state index in [0.29, 0.717) is 11.3 Å². The van der Waals surface area contributed by atoms with Crippen LogP contribution in [0.4, 0.5) is 0 Å². The van der Waals surface area contributed by atoms with Crippen molar-refractivity contribution in [2.45, 2.75) is 19.9 Å². The summed E-state index contributed by atoms with van der Waals surface area (Å²) in [7, 11) is 1.89. The number of fused-ring (bicyclic) bond motifs is 1. The smallest absolute Gasteiger partial charge is 0.272 e. The Morgan fingerprint density at radius 1 is 1.09 bits per heavy atom. The highest BCUT2D eigenvalue weighted by atomic mass is 16.2. The molecule has 0 bridgehead atoms. The molecule has 0 saturated heterocycles. The Bertz CT molecular complexity index is 1410. The standard InChI is InChI=1S/C24H23N7O/c1-16(18-7-6-8-19(13-18)30-11-4-5-12-30)27-24(32)21-14-23-25-10-9-22(31(23)28-21)20-15-26-29(3)17(20)2/h4-16H,1-3H3,(H,27,32). The second kappa shape index (κ2) is 7.81. The molecule has 8 nitrogen and oxygen atoms in total. The lowest BCUT2D eigenvalue weighted by Crippen LogP contribution is -2.27. The Balaban J connectivity index is 1.41. The summed E-state index contributed by atoms with van der Waals surface area (Å²) in [6.45, 7) is 3.96. The zero-order chi connectivity index (χ0) is 22.2. The predicted molar refractivity (Wildman–Crippen MR) is 122 cm³/mol. The van der Waals surface area contributed by atoms with Gasteiger partial charge in [-0.15, -0.1) is 0 Å². The number of hydrogen-bond acceptors (Lipinski definition) is 4. The molecule has 4 aromatic heterocycles. The van der Waals surface area contributed by atoms with Gasteiger partial charge in [0.1, 0.15) is 0 Å². The number of nitrogens with zero attached hydrogens (tertiary/aromatic N) is 6. The van der Waals surface area contributed by atoms with Crippen molar-refractivity contribution in [3.8, 4) is 16.9 Å². The number of aryl methyl sites for hydroxylation is 1. The maximum atomic E-state index is 13.0. The number of hydrogen-bond donors (Lipinski definition) is 1. The molecule has 1 amide bonds. The zero-order valence-corrected chi connectivity index (χ0v) is 18.1. The minimum atomic E-state index is -0.247. The van der Waals surface area contributed by atoms with Gasteiger partial charge in [0.2, 0.25) is 0 Å². The second-order valence-corrected chi connectivity index (χ2v) is 7.78. The van der Waals surface area contributed by atoms with E-state index >= 15 is 0 Å². The predicted octanol–water partition coefficient (Wildman–Crippen LogP) is 3.72. The van der Waals surface area contributed by atoms with Crippen LogP contribution in [0.25, 0.3) is 22.6 Å². The highest BCUT2D eigenvalue weighted by Crippen LogP contribution is 2.23. The molecule has 5 rings (SSSR count). The summed E-state index contributed by atoms with van der Waals surface area (Å²) in [5.74, 6) is -0.247. The SMILES string of the molecule is Cc1c(-c2ccnc3cc(C(=O)NC(C)c4cccc(-n5cccc5)c4)nn23)cnn1C. The molecule has 0 spiro atoms. The summed E-state index contributed by atoms with van der Waals surface area (Å²) in [5, 5.41) is 11.9. The average molecular weight is 425 g/mol. The normalized spacial score (nSPS) is 12.2. The number of benzene rings is 1. The molecule has 5 aromatic rings. The van der Waals surface area contributed by atoms with Gasteiger partial charge >= 0.3 is 0 Å². The van der Waals surface area contributed by atoms with Gasteiger partial charge in [-0.3, -0.25) is 9.48 Å². The van der Waals surface area contributed by atoms with Gasteiger partial charge < -0.3 is 9.88 Å². The van der Waals surface area contributed by atoms with Crippen LogP contribution in [0.5, 0.6) is 0 Å². The fourth-order valence-electron chi connectivity index (χ4n) is 3.78. The van der Waals surface area contributed by atoms with Crippen LogP contribution in [0.2, 0.25) is 0 Å². The summed E-state index contributed by atoms with van der Waals surface area (Å²) < 4.78 is 5.53. The van der Waals surface area contributed by atoms with Crippen molar-refractivity contribution in [1.82, 2.24) is 34.3 Å². The van der Waals surface area contributed by atoms with E-state index in [1.807, 2.05) is 78.9 Å². The van der Waals surface area contributed by atoms with E-state index in [1.165, 1.54) is 0 Å². The van der Waals surface area contributed by atoms with Crippen molar-refractivity contribution in [2.24, 2.45) is 7.05 Å². The quantitative estimate of drug-likeness (QED) is 0.465. The van der Waals surface area contributed by atoms with Crippen LogP contribution in [0.15, 0.2) is 73.3 Å². The minimum absolute atomic E-state index is 0.184. The van der Waals surface area contributed by atoms with Gasteiger partial charge in [-0.1, -0.05) is 12.1 Å². The number of carbonyl (C=O) groups is 1. The Labute approximate surface area is 185 Å². The fourth-order valence-corrected chi connectivity index (χ4v) is 3.78. The molecule has 0 aliphatic rings. The van der Waals surface area contributed by atoms with E-state index in [0.717, 1.165) is 28.2 Å². The summed E-state index contributed by atoms with van der Waals surface area (Å²) in [5.41, 5.74) is 5.78. The van der Waals surface area contributed by atoms with Crippen LogP contribution in [0, 0.1) is 6.92 Å². The lowest BCUT2D eigenvalue weighted by Gasteiger charge is -2.15. The molecule has 4 heterocycles. The molecule has 0 aliphatic heterocycles. The van der Waals surface area contributed by atoms with Crippen LogP contribution < -0.4 is 5.32 Å². The first-order chi connectivity index (χ1) is 15.5. The molecular weight excluding hydrogens is 402 g/mol. The van der Waals surface area contributed by atoms with Gasteiger partial charge in [0, 0.05) is 48.6 Å². The van der Waals surface area contributed by atoms with Crippen LogP contribution in [0.3, 0.4) is 0 Å². The monoisotopic (exact) mass is 425 g/mol. The molecule has 8 heteroatoms. The lowest BCUT2D eigenvalue weighted by molar-refractivity contribution is 0.0934. The molecule has 32 heavy (non-hydrogen) atoms. The van der Waals surface area contributed by atoms with E-state index in [-0.39, 0.29) is 11.9 Å². The number of rotatable bonds is 5.